The monoisotopic (exact) mass is 255 g/mol. The minimum atomic E-state index is -0.730. The second kappa shape index (κ2) is 6.18. The Balaban J connectivity index is 1.80. The van der Waals surface area contributed by atoms with E-state index in [1.165, 1.54) is 0 Å². The largest absolute Gasteiger partial charge is 0.481 e. The number of aliphatic carboxylic acids is 1. The van der Waals surface area contributed by atoms with Crippen LogP contribution in [-0.4, -0.2) is 36.2 Å². The van der Waals surface area contributed by atoms with E-state index >= 15 is 0 Å². The molecule has 5 heteroatoms. The first-order valence-corrected chi connectivity index (χ1v) is 6.80. The molecule has 0 radical (unpaired) electrons. The first kappa shape index (κ1) is 13.3. The van der Waals surface area contributed by atoms with E-state index in [0.717, 1.165) is 38.5 Å². The number of carbonyl (C=O) groups excluding carboxylic acids is 1. The van der Waals surface area contributed by atoms with Gasteiger partial charge < -0.3 is 15.2 Å². The number of nitrogens with one attached hydrogen (secondary N) is 1. The van der Waals surface area contributed by atoms with Crippen molar-refractivity contribution in [1.82, 2.24) is 5.32 Å². The normalized spacial score (nSPS) is 32.1. The molecule has 2 fully saturated rings. The highest BCUT2D eigenvalue weighted by Crippen LogP contribution is 2.29. The predicted octanol–water partition coefficient (Wildman–Crippen LogP) is 1.17. The molecule has 0 aromatic carbocycles. The van der Waals surface area contributed by atoms with E-state index in [-0.39, 0.29) is 23.8 Å². The fourth-order valence-corrected chi connectivity index (χ4v) is 2.91. The summed E-state index contributed by atoms with van der Waals surface area (Å²) in [7, 11) is 0. The summed E-state index contributed by atoms with van der Waals surface area (Å²) in [5.41, 5.74) is 0. The van der Waals surface area contributed by atoms with Gasteiger partial charge >= 0.3 is 5.97 Å². The van der Waals surface area contributed by atoms with E-state index in [2.05, 4.69) is 5.32 Å². The molecule has 3 atom stereocenters. The van der Waals surface area contributed by atoms with Crippen molar-refractivity contribution < 1.29 is 19.4 Å². The fraction of sp³-hybridized carbons (Fsp3) is 0.846. The van der Waals surface area contributed by atoms with Gasteiger partial charge in [-0.2, -0.15) is 0 Å². The van der Waals surface area contributed by atoms with E-state index in [1.807, 2.05) is 0 Å². The van der Waals surface area contributed by atoms with Gasteiger partial charge in [0.2, 0.25) is 5.91 Å². The molecule has 0 aromatic rings. The van der Waals surface area contributed by atoms with Gasteiger partial charge in [0.1, 0.15) is 6.10 Å². The van der Waals surface area contributed by atoms with Gasteiger partial charge in [0.05, 0.1) is 5.92 Å². The molecule has 5 nitrogen and oxygen atoms in total. The van der Waals surface area contributed by atoms with Gasteiger partial charge in [0.15, 0.2) is 0 Å². The van der Waals surface area contributed by atoms with Gasteiger partial charge in [-0.05, 0) is 31.6 Å². The first-order chi connectivity index (χ1) is 8.68. The summed E-state index contributed by atoms with van der Waals surface area (Å²) in [6.45, 7) is 1.12. The molecule has 2 rings (SSSR count). The van der Waals surface area contributed by atoms with Gasteiger partial charge in [-0.25, -0.2) is 0 Å². The Bertz CT molecular complexity index is 312. The number of carboxylic acid groups (broad SMARTS) is 1. The molecule has 1 saturated heterocycles. The molecule has 1 amide bonds. The highest BCUT2D eigenvalue weighted by Gasteiger charge is 2.32. The first-order valence-electron chi connectivity index (χ1n) is 6.80. The van der Waals surface area contributed by atoms with Crippen LogP contribution in [-0.2, 0) is 14.3 Å². The molecule has 2 aliphatic rings. The molecule has 0 spiro atoms. The summed E-state index contributed by atoms with van der Waals surface area (Å²) >= 11 is 0. The van der Waals surface area contributed by atoms with Crippen molar-refractivity contribution >= 4 is 11.9 Å². The maximum Gasteiger partial charge on any atom is 0.306 e. The fourth-order valence-electron chi connectivity index (χ4n) is 2.91. The number of amides is 1. The maximum absolute atomic E-state index is 11.8. The van der Waals surface area contributed by atoms with Crippen molar-refractivity contribution in [3.8, 4) is 0 Å². The van der Waals surface area contributed by atoms with E-state index in [1.54, 1.807) is 0 Å². The van der Waals surface area contributed by atoms with Gasteiger partial charge in [0.25, 0.3) is 0 Å². The standard InChI is InChI=1S/C13H21NO4/c15-12(11-6-3-7-18-11)14-8-9-4-1-2-5-10(9)13(16)17/h9-11H,1-8H2,(H,14,15)(H,16,17). The number of carboxylic acids is 1. The summed E-state index contributed by atoms with van der Waals surface area (Å²) in [6.07, 6.45) is 5.05. The van der Waals surface area contributed by atoms with Crippen LogP contribution >= 0.6 is 0 Å². The zero-order valence-corrected chi connectivity index (χ0v) is 10.6. The number of ether oxygens (including phenoxy) is 1. The Kier molecular flexibility index (Phi) is 4.58. The Hall–Kier alpha value is -1.10. The molecule has 2 N–H and O–H groups in total. The third kappa shape index (κ3) is 3.22. The number of rotatable bonds is 4. The minimum absolute atomic E-state index is 0.0709. The molecule has 1 saturated carbocycles. The van der Waals surface area contributed by atoms with Crippen LogP contribution < -0.4 is 5.32 Å². The minimum Gasteiger partial charge on any atom is -0.481 e. The highest BCUT2D eigenvalue weighted by atomic mass is 16.5. The molecule has 18 heavy (non-hydrogen) atoms. The number of hydrogen-bond donors (Lipinski definition) is 2. The Morgan fingerprint density at radius 1 is 1.17 bits per heavy atom. The van der Waals surface area contributed by atoms with Crippen LogP contribution in [0.2, 0.25) is 0 Å². The third-order valence-electron chi connectivity index (χ3n) is 3.99. The van der Waals surface area contributed by atoms with Crippen LogP contribution in [0.25, 0.3) is 0 Å². The van der Waals surface area contributed by atoms with E-state index < -0.39 is 5.97 Å². The van der Waals surface area contributed by atoms with Gasteiger partial charge in [0, 0.05) is 13.2 Å². The summed E-state index contributed by atoms with van der Waals surface area (Å²) in [5.74, 6) is -1.04. The third-order valence-corrected chi connectivity index (χ3v) is 3.99. The van der Waals surface area contributed by atoms with Gasteiger partial charge in [-0.1, -0.05) is 12.8 Å². The zero-order valence-electron chi connectivity index (χ0n) is 10.6. The van der Waals surface area contributed by atoms with Crippen molar-refractivity contribution in [3.05, 3.63) is 0 Å². The van der Waals surface area contributed by atoms with Crippen molar-refractivity contribution in [1.29, 1.82) is 0 Å². The van der Waals surface area contributed by atoms with Crippen LogP contribution in [0.1, 0.15) is 38.5 Å². The average molecular weight is 255 g/mol. The van der Waals surface area contributed by atoms with Crippen molar-refractivity contribution in [2.75, 3.05) is 13.2 Å². The molecule has 1 aliphatic carbocycles. The van der Waals surface area contributed by atoms with Crippen LogP contribution in [0.15, 0.2) is 0 Å². The smallest absolute Gasteiger partial charge is 0.306 e. The van der Waals surface area contributed by atoms with Crippen molar-refractivity contribution in [3.63, 3.8) is 0 Å². The number of hydrogen-bond acceptors (Lipinski definition) is 3. The Morgan fingerprint density at radius 3 is 2.61 bits per heavy atom. The maximum atomic E-state index is 11.8. The van der Waals surface area contributed by atoms with Gasteiger partial charge in [-0.3, -0.25) is 9.59 Å². The lowest BCUT2D eigenvalue weighted by Crippen LogP contribution is -2.41. The quantitative estimate of drug-likeness (QED) is 0.790. The van der Waals surface area contributed by atoms with E-state index in [0.29, 0.717) is 13.2 Å². The van der Waals surface area contributed by atoms with E-state index in [9.17, 15) is 9.59 Å². The second-order valence-electron chi connectivity index (χ2n) is 5.24. The second-order valence-corrected chi connectivity index (χ2v) is 5.24. The van der Waals surface area contributed by atoms with Crippen LogP contribution in [0.5, 0.6) is 0 Å². The van der Waals surface area contributed by atoms with Crippen LogP contribution in [0.3, 0.4) is 0 Å². The highest BCUT2D eigenvalue weighted by molar-refractivity contribution is 5.81. The number of carbonyl (C=O) groups is 2. The van der Waals surface area contributed by atoms with Crippen LogP contribution in [0, 0.1) is 11.8 Å². The lowest BCUT2D eigenvalue weighted by atomic mass is 9.79. The average Bonchev–Trinajstić information content (AvgIpc) is 2.90. The zero-order chi connectivity index (χ0) is 13.0. The van der Waals surface area contributed by atoms with Crippen molar-refractivity contribution in [2.45, 2.75) is 44.6 Å². The Labute approximate surface area is 107 Å². The summed E-state index contributed by atoms with van der Waals surface area (Å²) in [6, 6.07) is 0. The SMILES string of the molecule is O=C(NCC1CCCCC1C(=O)O)C1CCCO1. The lowest BCUT2D eigenvalue weighted by molar-refractivity contribution is -0.145. The molecule has 1 aliphatic heterocycles. The molecule has 0 aromatic heterocycles. The van der Waals surface area contributed by atoms with E-state index in [4.69, 9.17) is 9.84 Å². The summed E-state index contributed by atoms with van der Waals surface area (Å²) in [4.78, 5) is 22.9. The molecular weight excluding hydrogens is 234 g/mol. The van der Waals surface area contributed by atoms with Crippen LogP contribution in [0.4, 0.5) is 0 Å². The molecular formula is C13H21NO4. The van der Waals surface area contributed by atoms with Crippen molar-refractivity contribution in [2.24, 2.45) is 11.8 Å². The molecule has 3 unspecified atom stereocenters. The molecule has 102 valence electrons. The summed E-state index contributed by atoms with van der Waals surface area (Å²) in [5, 5.41) is 12.0. The summed E-state index contributed by atoms with van der Waals surface area (Å²) < 4.78 is 5.30. The lowest BCUT2D eigenvalue weighted by Gasteiger charge is -2.28. The van der Waals surface area contributed by atoms with Gasteiger partial charge in [-0.15, -0.1) is 0 Å². The Morgan fingerprint density at radius 2 is 1.94 bits per heavy atom. The molecule has 0 bridgehead atoms. The predicted molar refractivity (Wildman–Crippen MR) is 65.1 cm³/mol. The molecule has 1 heterocycles. The topological polar surface area (TPSA) is 75.6 Å².